The lowest BCUT2D eigenvalue weighted by molar-refractivity contribution is 0.0903. The van der Waals surface area contributed by atoms with E-state index in [1.165, 1.54) is 5.56 Å². The van der Waals surface area contributed by atoms with Crippen molar-refractivity contribution in [1.82, 2.24) is 5.32 Å². The number of hydrogen-bond donors (Lipinski definition) is 1. The predicted octanol–water partition coefficient (Wildman–Crippen LogP) is 6.04. The Morgan fingerprint density at radius 2 is 1.69 bits per heavy atom. The Labute approximate surface area is 172 Å². The Hall–Kier alpha value is -3.01. The van der Waals surface area contributed by atoms with Crippen LogP contribution in [0, 0.1) is 0 Å². The van der Waals surface area contributed by atoms with Crippen LogP contribution in [0.1, 0.15) is 67.6 Å². The summed E-state index contributed by atoms with van der Waals surface area (Å²) < 4.78 is 11.5. The van der Waals surface area contributed by atoms with Gasteiger partial charge in [0.15, 0.2) is 5.76 Å². The summed E-state index contributed by atoms with van der Waals surface area (Å²) in [6.45, 7) is 8.86. The van der Waals surface area contributed by atoms with Gasteiger partial charge in [-0.25, -0.2) is 0 Å². The zero-order valence-corrected chi connectivity index (χ0v) is 17.6. The van der Waals surface area contributed by atoms with Gasteiger partial charge in [-0.15, -0.1) is 0 Å². The summed E-state index contributed by atoms with van der Waals surface area (Å²) in [7, 11) is 0. The number of rotatable bonds is 7. The molecule has 0 radical (unpaired) electrons. The third-order valence-corrected chi connectivity index (χ3v) is 4.90. The number of ether oxygens (including phenoxy) is 1. The van der Waals surface area contributed by atoms with Gasteiger partial charge in [-0.2, -0.15) is 0 Å². The summed E-state index contributed by atoms with van der Waals surface area (Å²) in [5, 5.41) is 3.03. The normalized spacial score (nSPS) is 12.4. The molecular weight excluding hydrogens is 362 g/mol. The van der Waals surface area contributed by atoms with Gasteiger partial charge in [0.25, 0.3) is 5.91 Å². The van der Waals surface area contributed by atoms with Crippen LogP contribution in [0.5, 0.6) is 5.75 Å². The van der Waals surface area contributed by atoms with E-state index in [1.807, 2.05) is 49.4 Å². The first-order chi connectivity index (χ1) is 13.9. The predicted molar refractivity (Wildman–Crippen MR) is 115 cm³/mol. The van der Waals surface area contributed by atoms with Crippen LogP contribution >= 0.6 is 0 Å². The van der Waals surface area contributed by atoms with Crippen molar-refractivity contribution in [2.24, 2.45) is 0 Å². The summed E-state index contributed by atoms with van der Waals surface area (Å²) in [4.78, 5) is 12.6. The number of amides is 1. The molecule has 29 heavy (non-hydrogen) atoms. The van der Waals surface area contributed by atoms with Gasteiger partial charge in [-0.1, -0.05) is 70.2 Å². The highest BCUT2D eigenvalue weighted by Gasteiger charge is 2.17. The second-order valence-corrected chi connectivity index (χ2v) is 8.17. The van der Waals surface area contributed by atoms with Crippen molar-refractivity contribution in [2.75, 3.05) is 0 Å². The van der Waals surface area contributed by atoms with E-state index in [9.17, 15) is 4.79 Å². The van der Waals surface area contributed by atoms with Gasteiger partial charge in [-0.05, 0) is 47.2 Å². The Morgan fingerprint density at radius 3 is 2.31 bits per heavy atom. The zero-order chi connectivity index (χ0) is 20.9. The van der Waals surface area contributed by atoms with E-state index in [2.05, 4.69) is 38.2 Å². The first kappa shape index (κ1) is 20.7. The molecule has 1 N–H and O–H groups in total. The molecule has 0 saturated heterocycles. The van der Waals surface area contributed by atoms with Crippen LogP contribution < -0.4 is 10.1 Å². The van der Waals surface area contributed by atoms with Crippen molar-refractivity contribution < 1.29 is 13.9 Å². The summed E-state index contributed by atoms with van der Waals surface area (Å²) in [6, 6.07) is 21.4. The highest BCUT2D eigenvalue weighted by Crippen LogP contribution is 2.25. The maximum Gasteiger partial charge on any atom is 0.287 e. The lowest BCUT2D eigenvalue weighted by atomic mass is 9.87. The van der Waals surface area contributed by atoms with Gasteiger partial charge < -0.3 is 14.5 Å². The van der Waals surface area contributed by atoms with E-state index in [-0.39, 0.29) is 24.0 Å². The molecule has 4 nitrogen and oxygen atoms in total. The van der Waals surface area contributed by atoms with Crippen LogP contribution in [0.3, 0.4) is 0 Å². The molecular formula is C25H29NO3. The molecule has 0 spiro atoms. The topological polar surface area (TPSA) is 51.5 Å². The number of hydrogen-bond acceptors (Lipinski definition) is 3. The lowest BCUT2D eigenvalue weighted by Gasteiger charge is -2.19. The molecule has 1 aromatic heterocycles. The second-order valence-electron chi connectivity index (χ2n) is 8.17. The minimum absolute atomic E-state index is 0.0465. The van der Waals surface area contributed by atoms with E-state index in [1.54, 1.807) is 12.1 Å². The minimum Gasteiger partial charge on any atom is -0.486 e. The fourth-order valence-electron chi connectivity index (χ4n) is 3.12. The van der Waals surface area contributed by atoms with Crippen molar-refractivity contribution in [1.29, 1.82) is 0 Å². The van der Waals surface area contributed by atoms with Crippen LogP contribution in [0.25, 0.3) is 0 Å². The zero-order valence-electron chi connectivity index (χ0n) is 17.6. The van der Waals surface area contributed by atoms with Crippen molar-refractivity contribution in [3.05, 3.63) is 89.4 Å². The summed E-state index contributed by atoms with van der Waals surface area (Å²) >= 11 is 0. The minimum atomic E-state index is -0.221. The third-order valence-electron chi connectivity index (χ3n) is 4.90. The molecule has 0 saturated carbocycles. The monoisotopic (exact) mass is 391 g/mol. The van der Waals surface area contributed by atoms with E-state index in [0.29, 0.717) is 11.5 Å². The average molecular weight is 392 g/mol. The maximum atomic E-state index is 12.6. The van der Waals surface area contributed by atoms with Gasteiger partial charge in [0.2, 0.25) is 0 Å². The molecule has 3 rings (SSSR count). The SMILES string of the molecule is CCC(NC(=O)c1ccc(COc2ccc(C(C)(C)C)cc2)o1)c1ccccc1. The smallest absolute Gasteiger partial charge is 0.287 e. The first-order valence-electron chi connectivity index (χ1n) is 10.0. The van der Waals surface area contributed by atoms with Crippen LogP contribution in [-0.2, 0) is 12.0 Å². The second kappa shape index (κ2) is 8.99. The standard InChI is InChI=1S/C25H29NO3/c1-5-22(18-9-7-6-8-10-18)26-24(27)23-16-15-21(29-23)17-28-20-13-11-19(12-14-20)25(2,3)4/h6-16,22H,5,17H2,1-4H3,(H,26,27). The fraction of sp³-hybridized carbons (Fsp3) is 0.320. The van der Waals surface area contributed by atoms with Gasteiger partial charge in [-0.3, -0.25) is 4.79 Å². The fourth-order valence-corrected chi connectivity index (χ4v) is 3.12. The number of furan rings is 1. The Bertz CT molecular complexity index is 921. The highest BCUT2D eigenvalue weighted by molar-refractivity contribution is 5.91. The first-order valence-corrected chi connectivity index (χ1v) is 10.0. The number of carbonyl (C=O) groups is 1. The lowest BCUT2D eigenvalue weighted by Crippen LogP contribution is -2.27. The molecule has 3 aromatic rings. The van der Waals surface area contributed by atoms with Gasteiger partial charge >= 0.3 is 0 Å². The largest absolute Gasteiger partial charge is 0.486 e. The molecule has 0 aliphatic rings. The Morgan fingerprint density at radius 1 is 1.00 bits per heavy atom. The molecule has 1 atom stereocenters. The van der Waals surface area contributed by atoms with Crippen LogP contribution in [0.2, 0.25) is 0 Å². The van der Waals surface area contributed by atoms with Crippen LogP contribution in [0.15, 0.2) is 71.1 Å². The quantitative estimate of drug-likeness (QED) is 0.534. The van der Waals surface area contributed by atoms with Crippen molar-refractivity contribution >= 4 is 5.91 Å². The number of carbonyl (C=O) groups excluding carboxylic acids is 1. The van der Waals surface area contributed by atoms with Crippen molar-refractivity contribution in [3.63, 3.8) is 0 Å². The number of benzene rings is 2. The molecule has 2 aromatic carbocycles. The van der Waals surface area contributed by atoms with Crippen LogP contribution in [-0.4, -0.2) is 5.91 Å². The number of nitrogens with one attached hydrogen (secondary N) is 1. The molecule has 152 valence electrons. The Kier molecular flexibility index (Phi) is 6.42. The van der Waals surface area contributed by atoms with Crippen LogP contribution in [0.4, 0.5) is 0 Å². The van der Waals surface area contributed by atoms with Gasteiger partial charge in [0.1, 0.15) is 18.1 Å². The molecule has 0 bridgehead atoms. The van der Waals surface area contributed by atoms with E-state index in [0.717, 1.165) is 17.7 Å². The molecule has 0 aliphatic heterocycles. The third kappa shape index (κ3) is 5.50. The molecule has 1 amide bonds. The highest BCUT2D eigenvalue weighted by atomic mass is 16.5. The average Bonchev–Trinajstić information content (AvgIpc) is 3.20. The summed E-state index contributed by atoms with van der Waals surface area (Å²) in [5.41, 5.74) is 2.45. The van der Waals surface area contributed by atoms with E-state index < -0.39 is 0 Å². The Balaban J connectivity index is 1.58. The molecule has 1 unspecified atom stereocenters. The molecule has 0 fully saturated rings. The van der Waals surface area contributed by atoms with E-state index >= 15 is 0 Å². The van der Waals surface area contributed by atoms with E-state index in [4.69, 9.17) is 9.15 Å². The summed E-state index contributed by atoms with van der Waals surface area (Å²) in [5.74, 6) is 1.46. The van der Waals surface area contributed by atoms with Crippen molar-refractivity contribution in [3.8, 4) is 5.75 Å². The summed E-state index contributed by atoms with van der Waals surface area (Å²) in [6.07, 6.45) is 0.803. The van der Waals surface area contributed by atoms with Gasteiger partial charge in [0, 0.05) is 0 Å². The van der Waals surface area contributed by atoms with Crippen molar-refractivity contribution in [2.45, 2.75) is 52.2 Å². The maximum absolute atomic E-state index is 12.6. The molecule has 4 heteroatoms. The molecule has 1 heterocycles. The molecule has 0 aliphatic carbocycles. The van der Waals surface area contributed by atoms with Gasteiger partial charge in [0.05, 0.1) is 6.04 Å².